The Morgan fingerprint density at radius 2 is 2.22 bits per heavy atom. The molecule has 2 rings (SSSR count). The van der Waals surface area contributed by atoms with Gasteiger partial charge in [0.05, 0.1) is 18.1 Å². The number of nitro benzene ring substituents is 1. The van der Waals surface area contributed by atoms with E-state index in [-0.39, 0.29) is 23.2 Å². The molecule has 0 saturated carbocycles. The van der Waals surface area contributed by atoms with Crippen molar-refractivity contribution in [2.24, 2.45) is 0 Å². The minimum Gasteiger partial charge on any atom is -0.493 e. The molecule has 1 N–H and O–H groups in total. The van der Waals surface area contributed by atoms with Crippen LogP contribution in [0.2, 0.25) is 0 Å². The highest BCUT2D eigenvalue weighted by Crippen LogP contribution is 2.36. The average molecular weight is 331 g/mol. The first kappa shape index (κ1) is 17.4. The van der Waals surface area contributed by atoms with E-state index in [9.17, 15) is 18.9 Å². The molecule has 1 aromatic carbocycles. The summed E-state index contributed by atoms with van der Waals surface area (Å²) in [6.45, 7) is 1.57. The number of nitro groups is 1. The van der Waals surface area contributed by atoms with Gasteiger partial charge in [0.25, 0.3) is 5.69 Å². The lowest BCUT2D eigenvalue weighted by Crippen LogP contribution is -2.48. The van der Waals surface area contributed by atoms with Gasteiger partial charge in [-0.3, -0.25) is 15.0 Å². The molecular weight excluding hydrogens is 312 g/mol. The molecule has 0 aliphatic carbocycles. The molecule has 1 aromatic rings. The summed E-state index contributed by atoms with van der Waals surface area (Å²) in [7, 11) is 1.30. The molecule has 1 heterocycles. The molecule has 0 radical (unpaired) electrons. The number of alkyl halides is 2. The summed E-state index contributed by atoms with van der Waals surface area (Å²) in [5.41, 5.74) is 0.148. The third-order valence-corrected chi connectivity index (χ3v) is 3.62. The second-order valence-corrected chi connectivity index (χ2v) is 5.36. The molecule has 9 heteroatoms. The van der Waals surface area contributed by atoms with Crippen LogP contribution in [0.25, 0.3) is 0 Å². The molecule has 1 aliphatic rings. The number of methoxy groups -OCH3 is 1. The van der Waals surface area contributed by atoms with Gasteiger partial charge >= 0.3 is 6.61 Å². The highest BCUT2D eigenvalue weighted by Gasteiger charge is 2.24. The molecule has 7 nitrogen and oxygen atoms in total. The van der Waals surface area contributed by atoms with Gasteiger partial charge in [0, 0.05) is 37.8 Å². The standard InChI is InChI=1S/C14H19F2N3O4/c1-9-7-18(4-3-17-9)8-10-5-12(22-2)13(23-14(15)16)6-11(10)19(20)21/h5-6,9,14,17H,3-4,7-8H2,1-2H3/t9-/m0/s1. The van der Waals surface area contributed by atoms with Crippen molar-refractivity contribution >= 4 is 5.69 Å². The van der Waals surface area contributed by atoms with Crippen LogP contribution in [-0.4, -0.2) is 49.2 Å². The Balaban J connectivity index is 2.31. The van der Waals surface area contributed by atoms with Crippen LogP contribution in [0, 0.1) is 10.1 Å². The van der Waals surface area contributed by atoms with Crippen molar-refractivity contribution in [3.05, 3.63) is 27.8 Å². The lowest BCUT2D eigenvalue weighted by molar-refractivity contribution is -0.385. The summed E-state index contributed by atoms with van der Waals surface area (Å²) in [4.78, 5) is 12.7. The lowest BCUT2D eigenvalue weighted by Gasteiger charge is -2.31. The van der Waals surface area contributed by atoms with Crippen molar-refractivity contribution in [1.82, 2.24) is 10.2 Å². The van der Waals surface area contributed by atoms with Crippen LogP contribution < -0.4 is 14.8 Å². The number of ether oxygens (including phenoxy) is 2. The van der Waals surface area contributed by atoms with E-state index in [1.165, 1.54) is 13.2 Å². The Bertz CT molecular complexity index is 571. The van der Waals surface area contributed by atoms with Crippen molar-refractivity contribution in [3.63, 3.8) is 0 Å². The third kappa shape index (κ3) is 4.49. The number of hydrogen-bond acceptors (Lipinski definition) is 6. The Kier molecular flexibility index (Phi) is 5.67. The third-order valence-electron chi connectivity index (χ3n) is 3.62. The van der Waals surface area contributed by atoms with E-state index in [2.05, 4.69) is 15.0 Å². The monoisotopic (exact) mass is 331 g/mol. The molecule has 0 bridgehead atoms. The van der Waals surface area contributed by atoms with E-state index in [4.69, 9.17) is 4.74 Å². The predicted octanol–water partition coefficient (Wildman–Crippen LogP) is 2.00. The van der Waals surface area contributed by atoms with Crippen LogP contribution in [0.15, 0.2) is 12.1 Å². The maximum absolute atomic E-state index is 12.4. The van der Waals surface area contributed by atoms with Gasteiger partial charge in [-0.1, -0.05) is 0 Å². The zero-order valence-corrected chi connectivity index (χ0v) is 12.9. The zero-order chi connectivity index (χ0) is 17.0. The SMILES string of the molecule is COc1cc(CN2CCN[C@@H](C)C2)c([N+](=O)[O-])cc1OC(F)F. The van der Waals surface area contributed by atoms with E-state index in [0.29, 0.717) is 12.1 Å². The second-order valence-electron chi connectivity index (χ2n) is 5.36. The van der Waals surface area contributed by atoms with E-state index in [1.807, 2.05) is 6.92 Å². The molecule has 1 atom stereocenters. The van der Waals surface area contributed by atoms with Gasteiger partial charge < -0.3 is 14.8 Å². The van der Waals surface area contributed by atoms with E-state index < -0.39 is 11.5 Å². The summed E-state index contributed by atoms with van der Waals surface area (Å²) in [5.74, 6) is -0.291. The van der Waals surface area contributed by atoms with Crippen LogP contribution in [0.1, 0.15) is 12.5 Å². The van der Waals surface area contributed by atoms with Crippen LogP contribution in [0.3, 0.4) is 0 Å². The number of piperazine rings is 1. The number of hydrogen-bond donors (Lipinski definition) is 1. The molecule has 1 fully saturated rings. The summed E-state index contributed by atoms with van der Waals surface area (Å²) in [5, 5.41) is 14.5. The highest BCUT2D eigenvalue weighted by molar-refractivity contribution is 5.54. The molecule has 0 spiro atoms. The smallest absolute Gasteiger partial charge is 0.387 e. The van der Waals surface area contributed by atoms with Crippen molar-refractivity contribution < 1.29 is 23.2 Å². The quantitative estimate of drug-likeness (QED) is 0.635. The molecular formula is C14H19F2N3O4. The summed E-state index contributed by atoms with van der Waals surface area (Å²) in [6, 6.07) is 2.67. The van der Waals surface area contributed by atoms with Gasteiger partial charge in [0.2, 0.25) is 0 Å². The van der Waals surface area contributed by atoms with Gasteiger partial charge in [-0.25, -0.2) is 0 Å². The number of nitrogens with one attached hydrogen (secondary N) is 1. The Morgan fingerprint density at radius 1 is 1.48 bits per heavy atom. The maximum atomic E-state index is 12.4. The summed E-state index contributed by atoms with van der Waals surface area (Å²) in [6.07, 6.45) is 0. The van der Waals surface area contributed by atoms with Gasteiger partial charge in [-0.05, 0) is 13.0 Å². The predicted molar refractivity (Wildman–Crippen MR) is 79.0 cm³/mol. The Hall–Kier alpha value is -2.00. The maximum Gasteiger partial charge on any atom is 0.387 e. The Labute approximate surface area is 132 Å². The minimum atomic E-state index is -3.08. The Morgan fingerprint density at radius 3 is 2.78 bits per heavy atom. The molecule has 1 aliphatic heterocycles. The van der Waals surface area contributed by atoms with Crippen molar-refractivity contribution in [2.45, 2.75) is 26.1 Å². The molecule has 23 heavy (non-hydrogen) atoms. The van der Waals surface area contributed by atoms with Gasteiger partial charge in [-0.15, -0.1) is 0 Å². The van der Waals surface area contributed by atoms with Crippen molar-refractivity contribution in [3.8, 4) is 11.5 Å². The normalized spacial score (nSPS) is 18.9. The number of rotatable bonds is 6. The van der Waals surface area contributed by atoms with Gasteiger partial charge in [0.15, 0.2) is 11.5 Å². The van der Waals surface area contributed by atoms with Crippen molar-refractivity contribution in [2.75, 3.05) is 26.7 Å². The molecule has 0 amide bonds. The molecule has 128 valence electrons. The van der Waals surface area contributed by atoms with Crippen molar-refractivity contribution in [1.29, 1.82) is 0 Å². The zero-order valence-electron chi connectivity index (χ0n) is 12.9. The molecule has 1 saturated heterocycles. The number of benzene rings is 1. The first-order valence-electron chi connectivity index (χ1n) is 7.16. The van der Waals surface area contributed by atoms with Gasteiger partial charge in [0.1, 0.15) is 0 Å². The van der Waals surface area contributed by atoms with Gasteiger partial charge in [-0.2, -0.15) is 8.78 Å². The van der Waals surface area contributed by atoms with Crippen LogP contribution in [0.5, 0.6) is 11.5 Å². The lowest BCUT2D eigenvalue weighted by atomic mass is 10.1. The fraction of sp³-hybridized carbons (Fsp3) is 0.571. The fourth-order valence-corrected chi connectivity index (χ4v) is 2.63. The average Bonchev–Trinajstić information content (AvgIpc) is 2.47. The van der Waals surface area contributed by atoms with E-state index in [1.54, 1.807) is 0 Å². The second kappa shape index (κ2) is 7.51. The largest absolute Gasteiger partial charge is 0.493 e. The topological polar surface area (TPSA) is 76.9 Å². The van der Waals surface area contributed by atoms with E-state index >= 15 is 0 Å². The summed E-state index contributed by atoms with van der Waals surface area (Å²) < 4.78 is 34.2. The fourth-order valence-electron chi connectivity index (χ4n) is 2.63. The first-order chi connectivity index (χ1) is 10.9. The van der Waals surface area contributed by atoms with Crippen LogP contribution >= 0.6 is 0 Å². The minimum absolute atomic E-state index is 0.0501. The van der Waals surface area contributed by atoms with Crippen LogP contribution in [0.4, 0.5) is 14.5 Å². The van der Waals surface area contributed by atoms with E-state index in [0.717, 1.165) is 25.7 Å². The molecule has 0 aromatic heterocycles. The highest BCUT2D eigenvalue weighted by atomic mass is 19.3. The molecule has 0 unspecified atom stereocenters. The van der Waals surface area contributed by atoms with Crippen LogP contribution in [-0.2, 0) is 6.54 Å². The first-order valence-corrected chi connectivity index (χ1v) is 7.16. The summed E-state index contributed by atoms with van der Waals surface area (Å²) >= 11 is 0. The number of nitrogens with zero attached hydrogens (tertiary/aromatic N) is 2. The number of halogens is 2.